The number of carbonyl (C=O) groups excluding carboxylic acids is 1. The van der Waals surface area contributed by atoms with Gasteiger partial charge in [-0.2, -0.15) is 0 Å². The fourth-order valence-electron chi connectivity index (χ4n) is 2.67. The minimum absolute atomic E-state index is 0.157. The zero-order chi connectivity index (χ0) is 13.1. The van der Waals surface area contributed by atoms with Gasteiger partial charge in [0.1, 0.15) is 0 Å². The molecule has 0 radical (unpaired) electrons. The number of rotatable bonds is 2. The third-order valence-corrected chi connectivity index (χ3v) is 3.69. The van der Waals surface area contributed by atoms with Crippen molar-refractivity contribution in [2.75, 3.05) is 13.1 Å². The number of aromatic amines is 1. The summed E-state index contributed by atoms with van der Waals surface area (Å²) in [7, 11) is 0. The molecule has 3 rings (SSSR count). The highest BCUT2D eigenvalue weighted by molar-refractivity contribution is 6.00. The molecule has 1 aliphatic rings. The molecule has 3 heteroatoms. The van der Waals surface area contributed by atoms with Crippen LogP contribution in [0, 0.1) is 0 Å². The van der Waals surface area contributed by atoms with Crippen molar-refractivity contribution in [2.24, 2.45) is 0 Å². The number of nitrogens with one attached hydrogen (secondary N) is 1. The topological polar surface area (TPSA) is 36.1 Å². The third kappa shape index (κ3) is 2.41. The van der Waals surface area contributed by atoms with E-state index in [0.29, 0.717) is 0 Å². The van der Waals surface area contributed by atoms with Crippen molar-refractivity contribution < 1.29 is 4.79 Å². The van der Waals surface area contributed by atoms with Crippen LogP contribution in [0.25, 0.3) is 11.3 Å². The van der Waals surface area contributed by atoms with Crippen molar-refractivity contribution >= 4 is 5.91 Å². The van der Waals surface area contributed by atoms with Gasteiger partial charge in [0, 0.05) is 36.1 Å². The first-order valence-corrected chi connectivity index (χ1v) is 6.88. The van der Waals surface area contributed by atoms with Crippen LogP contribution in [-0.2, 0) is 0 Å². The maximum absolute atomic E-state index is 12.6. The lowest BCUT2D eigenvalue weighted by molar-refractivity contribution is 0.0725. The predicted octanol–water partition coefficient (Wildman–Crippen LogP) is 3.31. The number of hydrogen-bond donors (Lipinski definition) is 1. The van der Waals surface area contributed by atoms with Crippen LogP contribution < -0.4 is 0 Å². The summed E-state index contributed by atoms with van der Waals surface area (Å²) in [6.45, 7) is 1.77. The molecule has 1 fully saturated rings. The largest absolute Gasteiger partial charge is 0.361 e. The monoisotopic (exact) mass is 254 g/mol. The Labute approximate surface area is 113 Å². The number of H-pyrrole nitrogens is 1. The maximum Gasteiger partial charge on any atom is 0.254 e. The Morgan fingerprint density at radius 3 is 2.53 bits per heavy atom. The summed E-state index contributed by atoms with van der Waals surface area (Å²) < 4.78 is 0. The van der Waals surface area contributed by atoms with Crippen LogP contribution in [0.4, 0.5) is 0 Å². The summed E-state index contributed by atoms with van der Waals surface area (Å²) in [4.78, 5) is 17.8. The number of aromatic nitrogens is 1. The lowest BCUT2D eigenvalue weighted by Gasteiger charge is -2.27. The zero-order valence-electron chi connectivity index (χ0n) is 10.9. The lowest BCUT2D eigenvalue weighted by atomic mass is 10.0. The van der Waals surface area contributed by atoms with E-state index in [-0.39, 0.29) is 5.91 Å². The van der Waals surface area contributed by atoms with E-state index in [2.05, 4.69) is 4.98 Å². The molecule has 0 bridgehead atoms. The summed E-state index contributed by atoms with van der Waals surface area (Å²) >= 11 is 0. The van der Waals surface area contributed by atoms with Crippen molar-refractivity contribution in [3.63, 3.8) is 0 Å². The van der Waals surface area contributed by atoms with Gasteiger partial charge in [-0.15, -0.1) is 0 Å². The van der Waals surface area contributed by atoms with Crippen molar-refractivity contribution in [1.82, 2.24) is 9.88 Å². The molecular formula is C16H18N2O. The Morgan fingerprint density at radius 2 is 1.79 bits per heavy atom. The van der Waals surface area contributed by atoms with E-state index >= 15 is 0 Å². The molecule has 2 aromatic rings. The highest BCUT2D eigenvalue weighted by Crippen LogP contribution is 2.24. The Balaban J connectivity index is 1.94. The third-order valence-electron chi connectivity index (χ3n) is 3.69. The van der Waals surface area contributed by atoms with Crippen LogP contribution in [0.3, 0.4) is 0 Å². The van der Waals surface area contributed by atoms with Crippen molar-refractivity contribution in [1.29, 1.82) is 0 Å². The van der Waals surface area contributed by atoms with Crippen LogP contribution in [0.5, 0.6) is 0 Å². The van der Waals surface area contributed by atoms with E-state index in [9.17, 15) is 4.79 Å². The van der Waals surface area contributed by atoms with Crippen LogP contribution >= 0.6 is 0 Å². The molecule has 1 N–H and O–H groups in total. The van der Waals surface area contributed by atoms with E-state index in [1.54, 1.807) is 0 Å². The highest BCUT2D eigenvalue weighted by atomic mass is 16.2. The van der Waals surface area contributed by atoms with Crippen molar-refractivity contribution in [3.05, 3.63) is 48.2 Å². The Bertz CT molecular complexity index is 554. The summed E-state index contributed by atoms with van der Waals surface area (Å²) in [5.74, 6) is 0.157. The molecule has 0 saturated carbocycles. The van der Waals surface area contributed by atoms with Gasteiger partial charge in [-0.1, -0.05) is 18.2 Å². The maximum atomic E-state index is 12.6. The molecule has 1 amide bonds. The Hall–Kier alpha value is -2.03. The first-order chi connectivity index (χ1) is 9.36. The second kappa shape index (κ2) is 5.31. The van der Waals surface area contributed by atoms with Crippen LogP contribution in [0.1, 0.15) is 29.6 Å². The van der Waals surface area contributed by atoms with Gasteiger partial charge in [0.15, 0.2) is 0 Å². The predicted molar refractivity (Wildman–Crippen MR) is 76.0 cm³/mol. The number of likely N-dealkylation sites (tertiary alicyclic amines) is 1. The minimum Gasteiger partial charge on any atom is -0.361 e. The molecule has 0 aliphatic carbocycles. The number of hydrogen-bond acceptors (Lipinski definition) is 1. The highest BCUT2D eigenvalue weighted by Gasteiger charge is 2.20. The van der Waals surface area contributed by atoms with E-state index in [1.165, 1.54) is 6.42 Å². The van der Waals surface area contributed by atoms with Gasteiger partial charge < -0.3 is 9.88 Å². The molecule has 1 aromatic carbocycles. The quantitative estimate of drug-likeness (QED) is 0.877. The molecule has 0 spiro atoms. The second-order valence-electron chi connectivity index (χ2n) is 4.98. The molecule has 2 heterocycles. The van der Waals surface area contributed by atoms with Gasteiger partial charge in [-0.3, -0.25) is 4.79 Å². The molecule has 0 atom stereocenters. The van der Waals surface area contributed by atoms with E-state index in [1.807, 2.05) is 47.5 Å². The molecule has 19 heavy (non-hydrogen) atoms. The zero-order valence-corrected chi connectivity index (χ0v) is 10.9. The van der Waals surface area contributed by atoms with Crippen molar-refractivity contribution in [3.8, 4) is 11.3 Å². The standard InChI is InChI=1S/C16H18N2O/c19-16(18-11-4-1-5-12-18)14-8-3-2-7-13(14)15-9-6-10-17-15/h2-3,6-10,17H,1,4-5,11-12H2. The van der Waals surface area contributed by atoms with Gasteiger partial charge in [0.2, 0.25) is 0 Å². The van der Waals surface area contributed by atoms with Crippen LogP contribution in [0.2, 0.25) is 0 Å². The molecule has 3 nitrogen and oxygen atoms in total. The number of benzene rings is 1. The average Bonchev–Trinajstić information content (AvgIpc) is 3.01. The van der Waals surface area contributed by atoms with Crippen LogP contribution in [-0.4, -0.2) is 28.9 Å². The second-order valence-corrected chi connectivity index (χ2v) is 4.98. The normalized spacial score (nSPS) is 15.5. The molecular weight excluding hydrogens is 236 g/mol. The Kier molecular flexibility index (Phi) is 3.36. The number of amides is 1. The summed E-state index contributed by atoms with van der Waals surface area (Å²) in [6.07, 6.45) is 5.37. The Morgan fingerprint density at radius 1 is 1.00 bits per heavy atom. The van der Waals surface area contributed by atoms with Gasteiger partial charge >= 0.3 is 0 Å². The van der Waals surface area contributed by atoms with Gasteiger partial charge in [0.05, 0.1) is 0 Å². The smallest absolute Gasteiger partial charge is 0.254 e. The fourth-order valence-corrected chi connectivity index (χ4v) is 2.67. The molecule has 1 aliphatic heterocycles. The number of nitrogens with zero attached hydrogens (tertiary/aromatic N) is 1. The average molecular weight is 254 g/mol. The van der Waals surface area contributed by atoms with E-state index in [0.717, 1.165) is 42.8 Å². The lowest BCUT2D eigenvalue weighted by Crippen LogP contribution is -2.35. The first-order valence-electron chi connectivity index (χ1n) is 6.88. The fraction of sp³-hybridized carbons (Fsp3) is 0.312. The molecule has 1 saturated heterocycles. The molecule has 98 valence electrons. The van der Waals surface area contributed by atoms with Gasteiger partial charge in [-0.25, -0.2) is 0 Å². The summed E-state index contributed by atoms with van der Waals surface area (Å²) in [5, 5.41) is 0. The number of carbonyl (C=O) groups is 1. The van der Waals surface area contributed by atoms with Gasteiger partial charge in [-0.05, 0) is 37.5 Å². The molecule has 0 unspecified atom stereocenters. The summed E-state index contributed by atoms with van der Waals surface area (Å²) in [6, 6.07) is 11.8. The van der Waals surface area contributed by atoms with Crippen molar-refractivity contribution in [2.45, 2.75) is 19.3 Å². The minimum atomic E-state index is 0.157. The molecule has 1 aromatic heterocycles. The van der Waals surface area contributed by atoms with E-state index < -0.39 is 0 Å². The van der Waals surface area contributed by atoms with Crippen LogP contribution in [0.15, 0.2) is 42.6 Å². The SMILES string of the molecule is O=C(c1ccccc1-c1ccc[nH]1)N1CCCCC1. The van der Waals surface area contributed by atoms with Gasteiger partial charge in [0.25, 0.3) is 5.91 Å². The first kappa shape index (κ1) is 12.0. The number of piperidine rings is 1. The van der Waals surface area contributed by atoms with E-state index in [4.69, 9.17) is 0 Å². The summed E-state index contributed by atoms with van der Waals surface area (Å²) in [5.41, 5.74) is 2.79.